The first-order valence-electron chi connectivity index (χ1n) is 14.3. The summed E-state index contributed by atoms with van der Waals surface area (Å²) < 4.78 is 10.7. The molecule has 0 fully saturated rings. The zero-order valence-corrected chi connectivity index (χ0v) is 25.6. The minimum Gasteiger partial charge on any atom is -0.465 e. The molecule has 2 aliphatic rings. The molecular formula is C32H39N3O5S. The van der Waals surface area contributed by atoms with Crippen molar-refractivity contribution >= 4 is 45.1 Å². The normalized spacial score (nSPS) is 17.2. The molecule has 0 spiro atoms. The van der Waals surface area contributed by atoms with Crippen LogP contribution in [0.4, 0.5) is 5.00 Å². The number of anilines is 1. The lowest BCUT2D eigenvalue weighted by Gasteiger charge is -2.33. The summed E-state index contributed by atoms with van der Waals surface area (Å²) in [5.41, 5.74) is 4.49. The molecule has 0 bridgehead atoms. The fourth-order valence-electron chi connectivity index (χ4n) is 5.98. The summed E-state index contributed by atoms with van der Waals surface area (Å²) >= 11 is 1.42. The van der Waals surface area contributed by atoms with E-state index in [0.29, 0.717) is 34.6 Å². The molecule has 0 radical (unpaired) electrons. The highest BCUT2D eigenvalue weighted by atomic mass is 32.1. The molecule has 218 valence electrons. The van der Waals surface area contributed by atoms with Crippen molar-refractivity contribution in [1.29, 1.82) is 0 Å². The second-order valence-electron chi connectivity index (χ2n) is 12.4. The molecule has 8 nitrogen and oxygen atoms in total. The van der Waals surface area contributed by atoms with Crippen molar-refractivity contribution in [2.24, 2.45) is 11.3 Å². The van der Waals surface area contributed by atoms with Crippen LogP contribution in [0.15, 0.2) is 24.3 Å². The quantitative estimate of drug-likeness (QED) is 0.370. The minimum atomic E-state index is -0.549. The third-order valence-electron chi connectivity index (χ3n) is 8.48. The highest BCUT2D eigenvalue weighted by Crippen LogP contribution is 2.44. The summed E-state index contributed by atoms with van der Waals surface area (Å²) in [5, 5.41) is 4.02. The van der Waals surface area contributed by atoms with Crippen molar-refractivity contribution in [3.05, 3.63) is 57.1 Å². The number of fused-ring (bicyclic) bond motifs is 3. The van der Waals surface area contributed by atoms with Gasteiger partial charge in [-0.3, -0.25) is 14.7 Å². The molecule has 9 heteroatoms. The second-order valence-corrected chi connectivity index (χ2v) is 13.5. The number of rotatable bonds is 6. The van der Waals surface area contributed by atoms with Crippen LogP contribution in [0.1, 0.15) is 83.5 Å². The zero-order chi connectivity index (χ0) is 29.5. The number of carbonyl (C=O) groups is 3. The first-order valence-corrected chi connectivity index (χ1v) is 15.1. The van der Waals surface area contributed by atoms with Gasteiger partial charge in [0.05, 0.1) is 23.8 Å². The Hall–Kier alpha value is -3.30. The highest BCUT2D eigenvalue weighted by molar-refractivity contribution is 7.17. The van der Waals surface area contributed by atoms with E-state index in [1.165, 1.54) is 18.4 Å². The molecule has 1 atom stereocenters. The maximum Gasteiger partial charge on any atom is 0.341 e. The Morgan fingerprint density at radius 2 is 1.85 bits per heavy atom. The third-order valence-corrected chi connectivity index (χ3v) is 9.65. The first kappa shape index (κ1) is 29.2. The fourth-order valence-corrected chi connectivity index (χ4v) is 7.31. The smallest absolute Gasteiger partial charge is 0.341 e. The first-order chi connectivity index (χ1) is 19.5. The number of nitrogens with zero attached hydrogens (tertiary/aromatic N) is 2. The molecule has 2 aromatic heterocycles. The van der Waals surface area contributed by atoms with Gasteiger partial charge in [-0.1, -0.05) is 39.0 Å². The number of thiophene rings is 1. The number of benzene rings is 1. The maximum atomic E-state index is 13.6. The molecule has 0 saturated carbocycles. The summed E-state index contributed by atoms with van der Waals surface area (Å²) in [6, 6.07) is 7.86. The zero-order valence-electron chi connectivity index (χ0n) is 24.8. The van der Waals surface area contributed by atoms with Crippen LogP contribution < -0.4 is 5.32 Å². The van der Waals surface area contributed by atoms with Gasteiger partial charge in [0.1, 0.15) is 5.00 Å². The monoisotopic (exact) mass is 577 g/mol. The van der Waals surface area contributed by atoms with Crippen LogP contribution in [0.2, 0.25) is 0 Å². The van der Waals surface area contributed by atoms with Gasteiger partial charge in [0.2, 0.25) is 0 Å². The predicted octanol–water partition coefficient (Wildman–Crippen LogP) is 5.80. The van der Waals surface area contributed by atoms with Gasteiger partial charge in [-0.2, -0.15) is 0 Å². The molecule has 1 aliphatic heterocycles. The molecule has 1 unspecified atom stereocenters. The van der Waals surface area contributed by atoms with Crippen LogP contribution in [-0.4, -0.2) is 54.0 Å². The Morgan fingerprint density at radius 1 is 1.10 bits per heavy atom. The van der Waals surface area contributed by atoms with Crippen LogP contribution in [0.25, 0.3) is 10.9 Å². The van der Waals surface area contributed by atoms with E-state index in [1.807, 2.05) is 24.3 Å². The fraction of sp³-hybridized carbons (Fsp3) is 0.500. The Labute approximate surface area is 245 Å². The standard InChI is InChI=1S/C32H39N3O5S/c1-18(2)35-14-13-24-22(16-35)27(20-9-7-8-10-23(20)33-24)31(38)40-17-26(36)34-29-28(30(37)39-6)21-12-11-19(32(3,4)5)15-25(21)41-29/h7-10,18-19H,11-17H2,1-6H3,(H,34,36). The van der Waals surface area contributed by atoms with Crippen molar-refractivity contribution in [2.75, 3.05) is 25.6 Å². The molecular weight excluding hydrogens is 538 g/mol. The van der Waals surface area contributed by atoms with Crippen LogP contribution in [-0.2, 0) is 40.1 Å². The van der Waals surface area contributed by atoms with E-state index in [0.717, 1.165) is 64.8 Å². The number of methoxy groups -OCH3 is 1. The average Bonchev–Trinajstić information content (AvgIpc) is 3.30. The van der Waals surface area contributed by atoms with Gasteiger partial charge < -0.3 is 14.8 Å². The number of aromatic nitrogens is 1. The number of ether oxygens (including phenoxy) is 2. The lowest BCUT2D eigenvalue weighted by Crippen LogP contribution is -2.37. The molecule has 0 saturated heterocycles. The van der Waals surface area contributed by atoms with Gasteiger partial charge in [-0.25, -0.2) is 9.59 Å². The Bertz CT molecular complexity index is 1500. The number of hydrogen-bond donors (Lipinski definition) is 1. The van der Waals surface area contributed by atoms with Gasteiger partial charge in [0.15, 0.2) is 6.61 Å². The van der Waals surface area contributed by atoms with Crippen molar-refractivity contribution < 1.29 is 23.9 Å². The Balaban J connectivity index is 1.37. The van der Waals surface area contributed by atoms with E-state index in [1.54, 1.807) is 0 Å². The molecule has 1 aliphatic carbocycles. The van der Waals surface area contributed by atoms with Crippen LogP contribution in [0, 0.1) is 11.3 Å². The van der Waals surface area contributed by atoms with E-state index >= 15 is 0 Å². The van der Waals surface area contributed by atoms with Crippen molar-refractivity contribution in [2.45, 2.75) is 72.9 Å². The van der Waals surface area contributed by atoms with Gasteiger partial charge in [-0.05, 0) is 56.1 Å². The molecule has 1 aromatic carbocycles. The summed E-state index contributed by atoms with van der Waals surface area (Å²) in [4.78, 5) is 47.6. The Kier molecular flexibility index (Phi) is 8.21. The van der Waals surface area contributed by atoms with Crippen LogP contribution >= 0.6 is 11.3 Å². The minimum absolute atomic E-state index is 0.146. The number of carbonyl (C=O) groups excluding carboxylic acids is 3. The van der Waals surface area contributed by atoms with Crippen LogP contribution in [0.5, 0.6) is 0 Å². The average molecular weight is 578 g/mol. The number of hydrogen-bond acceptors (Lipinski definition) is 8. The molecule has 5 rings (SSSR count). The van der Waals surface area contributed by atoms with E-state index in [4.69, 9.17) is 14.5 Å². The van der Waals surface area contributed by atoms with E-state index < -0.39 is 24.5 Å². The van der Waals surface area contributed by atoms with Gasteiger partial charge in [0, 0.05) is 47.1 Å². The number of nitrogens with one attached hydrogen (secondary N) is 1. The topological polar surface area (TPSA) is 97.8 Å². The summed E-state index contributed by atoms with van der Waals surface area (Å²) in [7, 11) is 1.35. The molecule has 41 heavy (non-hydrogen) atoms. The lowest BCUT2D eigenvalue weighted by molar-refractivity contribution is -0.119. The molecule has 3 aromatic rings. The molecule has 3 heterocycles. The second kappa shape index (κ2) is 11.5. The van der Waals surface area contributed by atoms with Crippen LogP contribution in [0.3, 0.4) is 0 Å². The van der Waals surface area contributed by atoms with E-state index in [2.05, 4.69) is 44.8 Å². The van der Waals surface area contributed by atoms with E-state index in [-0.39, 0.29) is 5.41 Å². The lowest BCUT2D eigenvalue weighted by atomic mass is 9.72. The van der Waals surface area contributed by atoms with Crippen molar-refractivity contribution in [1.82, 2.24) is 9.88 Å². The SMILES string of the molecule is COC(=O)c1c(NC(=O)COC(=O)c2c3c(nc4ccccc24)CCN(C(C)C)C3)sc2c1CCC(C(C)(C)C)C2. The van der Waals surface area contributed by atoms with Gasteiger partial charge in [0.25, 0.3) is 5.91 Å². The summed E-state index contributed by atoms with van der Waals surface area (Å²) in [5.74, 6) is -1.03. The largest absolute Gasteiger partial charge is 0.465 e. The van der Waals surface area contributed by atoms with Gasteiger partial charge >= 0.3 is 11.9 Å². The van der Waals surface area contributed by atoms with Crippen molar-refractivity contribution in [3.8, 4) is 0 Å². The highest BCUT2D eigenvalue weighted by Gasteiger charge is 2.35. The maximum absolute atomic E-state index is 13.6. The van der Waals surface area contributed by atoms with E-state index in [9.17, 15) is 14.4 Å². The third kappa shape index (κ3) is 5.88. The number of pyridine rings is 1. The Morgan fingerprint density at radius 3 is 2.56 bits per heavy atom. The summed E-state index contributed by atoms with van der Waals surface area (Å²) in [6.45, 7) is 12.0. The molecule has 1 N–H and O–H groups in total. The predicted molar refractivity (Wildman–Crippen MR) is 161 cm³/mol. The number of amides is 1. The summed E-state index contributed by atoms with van der Waals surface area (Å²) in [6.07, 6.45) is 3.33. The molecule has 1 amide bonds. The van der Waals surface area contributed by atoms with Gasteiger partial charge in [-0.15, -0.1) is 11.3 Å². The number of esters is 2. The van der Waals surface area contributed by atoms with Crippen molar-refractivity contribution in [3.63, 3.8) is 0 Å². The number of para-hydroxylation sites is 1.